The zero-order valence-electron chi connectivity index (χ0n) is 9.99. The predicted octanol–water partition coefficient (Wildman–Crippen LogP) is 1.99. The largest absolute Gasteiger partial charge is 0.379 e. The van der Waals surface area contributed by atoms with Gasteiger partial charge in [-0.15, -0.1) is 0 Å². The van der Waals surface area contributed by atoms with Crippen LogP contribution < -0.4 is 0 Å². The molecule has 3 rings (SSSR count). The van der Waals surface area contributed by atoms with Gasteiger partial charge in [0.15, 0.2) is 5.65 Å². The van der Waals surface area contributed by atoms with Crippen molar-refractivity contribution in [2.45, 2.75) is 12.5 Å². The summed E-state index contributed by atoms with van der Waals surface area (Å²) in [5.41, 5.74) is 1.08. The van der Waals surface area contributed by atoms with Gasteiger partial charge in [0.1, 0.15) is 5.60 Å². The molecule has 2 aromatic heterocycles. The fourth-order valence-corrected chi connectivity index (χ4v) is 2.07. The maximum atomic E-state index is 10.7. The van der Waals surface area contributed by atoms with Gasteiger partial charge in [0.2, 0.25) is 0 Å². The Hall–Kier alpha value is -2.20. The van der Waals surface area contributed by atoms with Crippen molar-refractivity contribution in [2.24, 2.45) is 0 Å². The number of rotatable bonds is 2. The molecule has 90 valence electrons. The van der Waals surface area contributed by atoms with Gasteiger partial charge in [-0.2, -0.15) is 5.10 Å². The van der Waals surface area contributed by atoms with E-state index in [0.717, 1.165) is 11.2 Å². The Morgan fingerprint density at radius 3 is 2.67 bits per heavy atom. The van der Waals surface area contributed by atoms with Crippen molar-refractivity contribution in [3.05, 3.63) is 66.1 Å². The summed E-state index contributed by atoms with van der Waals surface area (Å²) in [6, 6.07) is 13.2. The van der Waals surface area contributed by atoms with Gasteiger partial charge in [0.05, 0.1) is 11.9 Å². The van der Waals surface area contributed by atoms with Crippen molar-refractivity contribution in [3.63, 3.8) is 0 Å². The molecule has 1 aromatic carbocycles. The van der Waals surface area contributed by atoms with E-state index in [0.29, 0.717) is 5.69 Å². The second-order valence-corrected chi connectivity index (χ2v) is 4.38. The molecule has 4 nitrogen and oxygen atoms in total. The highest BCUT2D eigenvalue weighted by molar-refractivity contribution is 5.41. The monoisotopic (exact) mass is 239 g/mol. The molecule has 4 heteroatoms. The molecule has 0 saturated heterocycles. The van der Waals surface area contributed by atoms with E-state index >= 15 is 0 Å². The smallest absolute Gasteiger partial charge is 0.153 e. The van der Waals surface area contributed by atoms with Gasteiger partial charge in [-0.25, -0.2) is 9.50 Å². The van der Waals surface area contributed by atoms with Gasteiger partial charge in [-0.05, 0) is 24.6 Å². The summed E-state index contributed by atoms with van der Waals surface area (Å²) in [4.78, 5) is 4.25. The molecular formula is C14H13N3O. The van der Waals surface area contributed by atoms with Crippen molar-refractivity contribution >= 4 is 5.65 Å². The number of benzene rings is 1. The third-order valence-electron chi connectivity index (χ3n) is 3.11. The third kappa shape index (κ3) is 1.58. The minimum Gasteiger partial charge on any atom is -0.379 e. The Bertz CT molecular complexity index is 674. The van der Waals surface area contributed by atoms with Gasteiger partial charge in [0, 0.05) is 6.20 Å². The Kier molecular flexibility index (Phi) is 2.38. The summed E-state index contributed by atoms with van der Waals surface area (Å²) in [7, 11) is 0. The van der Waals surface area contributed by atoms with Crippen LogP contribution >= 0.6 is 0 Å². The molecule has 2 heterocycles. The molecule has 3 aromatic rings. The second-order valence-electron chi connectivity index (χ2n) is 4.38. The SMILES string of the molecule is CC(O)(c1ccccc1)c1cnc2cccnn12. The first-order chi connectivity index (χ1) is 8.69. The maximum Gasteiger partial charge on any atom is 0.153 e. The number of aliphatic hydroxyl groups is 1. The van der Waals surface area contributed by atoms with Crippen LogP contribution in [0, 0.1) is 0 Å². The van der Waals surface area contributed by atoms with Crippen molar-refractivity contribution in [3.8, 4) is 0 Å². The summed E-state index contributed by atoms with van der Waals surface area (Å²) < 4.78 is 1.66. The molecule has 1 atom stereocenters. The number of nitrogens with zero attached hydrogens (tertiary/aromatic N) is 3. The van der Waals surface area contributed by atoms with Crippen LogP contribution in [0.25, 0.3) is 5.65 Å². The first-order valence-electron chi connectivity index (χ1n) is 5.77. The fourth-order valence-electron chi connectivity index (χ4n) is 2.07. The van der Waals surface area contributed by atoms with E-state index in [1.807, 2.05) is 42.5 Å². The molecule has 0 spiro atoms. The summed E-state index contributed by atoms with van der Waals surface area (Å²) in [5.74, 6) is 0. The molecule has 0 radical (unpaired) electrons. The van der Waals surface area contributed by atoms with E-state index < -0.39 is 5.60 Å². The van der Waals surface area contributed by atoms with E-state index in [9.17, 15) is 5.11 Å². The highest BCUT2D eigenvalue weighted by Gasteiger charge is 2.29. The summed E-state index contributed by atoms with van der Waals surface area (Å²) >= 11 is 0. The predicted molar refractivity (Wildman–Crippen MR) is 68.1 cm³/mol. The normalized spacial score (nSPS) is 14.6. The third-order valence-corrected chi connectivity index (χ3v) is 3.11. The topological polar surface area (TPSA) is 50.4 Å². The maximum absolute atomic E-state index is 10.7. The lowest BCUT2D eigenvalue weighted by atomic mass is 9.93. The van der Waals surface area contributed by atoms with Crippen LogP contribution in [0.2, 0.25) is 0 Å². The van der Waals surface area contributed by atoms with E-state index in [4.69, 9.17) is 0 Å². The quantitative estimate of drug-likeness (QED) is 0.744. The van der Waals surface area contributed by atoms with Crippen molar-refractivity contribution in [1.29, 1.82) is 0 Å². The highest BCUT2D eigenvalue weighted by Crippen LogP contribution is 2.28. The number of hydrogen-bond acceptors (Lipinski definition) is 3. The van der Waals surface area contributed by atoms with Gasteiger partial charge in [0.25, 0.3) is 0 Å². The highest BCUT2D eigenvalue weighted by atomic mass is 16.3. The van der Waals surface area contributed by atoms with Gasteiger partial charge in [-0.1, -0.05) is 30.3 Å². The molecule has 0 amide bonds. The lowest BCUT2D eigenvalue weighted by Crippen LogP contribution is -2.25. The average Bonchev–Trinajstić information content (AvgIpc) is 2.84. The van der Waals surface area contributed by atoms with Crippen LogP contribution in [0.3, 0.4) is 0 Å². The Labute approximate surface area is 105 Å². The first kappa shape index (κ1) is 10.9. The molecule has 0 fully saturated rings. The zero-order chi connectivity index (χ0) is 12.6. The van der Waals surface area contributed by atoms with Crippen molar-refractivity contribution in [2.75, 3.05) is 0 Å². The Balaban J connectivity index is 2.20. The molecular weight excluding hydrogens is 226 g/mol. The molecule has 1 N–H and O–H groups in total. The van der Waals surface area contributed by atoms with E-state index in [1.54, 1.807) is 23.8 Å². The number of imidazole rings is 1. The van der Waals surface area contributed by atoms with Crippen LogP contribution in [0.1, 0.15) is 18.2 Å². The van der Waals surface area contributed by atoms with Crippen molar-refractivity contribution in [1.82, 2.24) is 14.6 Å². The summed E-state index contributed by atoms with van der Waals surface area (Å²) in [6.07, 6.45) is 3.34. The van der Waals surface area contributed by atoms with Gasteiger partial charge < -0.3 is 5.11 Å². The molecule has 0 aliphatic heterocycles. The van der Waals surface area contributed by atoms with E-state index in [-0.39, 0.29) is 0 Å². The van der Waals surface area contributed by atoms with Crippen LogP contribution in [-0.2, 0) is 5.60 Å². The fraction of sp³-hybridized carbons (Fsp3) is 0.143. The number of aromatic nitrogens is 3. The second kappa shape index (κ2) is 3.92. The summed E-state index contributed by atoms with van der Waals surface area (Å²) in [6.45, 7) is 1.75. The van der Waals surface area contributed by atoms with Crippen LogP contribution in [0.15, 0.2) is 54.9 Å². The minimum absolute atomic E-state index is 0.657. The first-order valence-corrected chi connectivity index (χ1v) is 5.77. The van der Waals surface area contributed by atoms with Crippen molar-refractivity contribution < 1.29 is 5.11 Å². The molecule has 0 bridgehead atoms. The van der Waals surface area contributed by atoms with E-state index in [1.165, 1.54) is 0 Å². The van der Waals surface area contributed by atoms with Crippen LogP contribution in [0.4, 0.5) is 0 Å². The standard InChI is InChI=1S/C14H13N3O/c1-14(18,11-6-3-2-4-7-11)12-10-15-13-8-5-9-16-17(12)13/h2-10,18H,1H3. The molecule has 0 aliphatic carbocycles. The lowest BCUT2D eigenvalue weighted by Gasteiger charge is -2.22. The van der Waals surface area contributed by atoms with Gasteiger partial charge >= 0.3 is 0 Å². The molecule has 0 aliphatic rings. The lowest BCUT2D eigenvalue weighted by molar-refractivity contribution is 0.0953. The molecule has 18 heavy (non-hydrogen) atoms. The van der Waals surface area contributed by atoms with Crippen LogP contribution in [-0.4, -0.2) is 19.7 Å². The Morgan fingerprint density at radius 2 is 1.89 bits per heavy atom. The van der Waals surface area contributed by atoms with Gasteiger partial charge in [-0.3, -0.25) is 0 Å². The minimum atomic E-state index is -1.12. The van der Waals surface area contributed by atoms with Crippen LogP contribution in [0.5, 0.6) is 0 Å². The molecule has 1 unspecified atom stereocenters. The van der Waals surface area contributed by atoms with E-state index in [2.05, 4.69) is 10.1 Å². The number of hydrogen-bond donors (Lipinski definition) is 1. The Morgan fingerprint density at radius 1 is 1.11 bits per heavy atom. The number of fused-ring (bicyclic) bond motifs is 1. The zero-order valence-corrected chi connectivity index (χ0v) is 9.99. The summed E-state index contributed by atoms with van der Waals surface area (Å²) in [5, 5.41) is 15.0. The average molecular weight is 239 g/mol. The molecule has 0 saturated carbocycles.